The molecule has 0 amide bonds. The largest absolute Gasteiger partial charge is 0.388 e. The van der Waals surface area contributed by atoms with Gasteiger partial charge in [0.1, 0.15) is 23.7 Å². The van der Waals surface area contributed by atoms with Gasteiger partial charge in [-0.1, -0.05) is 42.1 Å². The third-order valence-corrected chi connectivity index (χ3v) is 5.98. The van der Waals surface area contributed by atoms with Crippen molar-refractivity contribution in [2.24, 2.45) is 5.73 Å². The molecular weight excluding hydrogens is 420 g/mol. The molecule has 2 aliphatic heterocycles. The molecule has 4 rings (SSSR count). The van der Waals surface area contributed by atoms with Gasteiger partial charge in [0.05, 0.1) is 12.6 Å². The molecule has 2 aliphatic rings. The monoisotopic (exact) mass is 438 g/mol. The fourth-order valence-electron chi connectivity index (χ4n) is 3.10. The van der Waals surface area contributed by atoms with E-state index >= 15 is 0 Å². The molecule has 1 aromatic heterocycles. The summed E-state index contributed by atoms with van der Waals surface area (Å²) in [7, 11) is 0. The van der Waals surface area contributed by atoms with Gasteiger partial charge in [0.25, 0.3) is 0 Å². The van der Waals surface area contributed by atoms with Crippen LogP contribution in [-0.2, 0) is 14.2 Å². The Morgan fingerprint density at radius 3 is 2.77 bits per heavy atom. The van der Waals surface area contributed by atoms with Gasteiger partial charge < -0.3 is 25.1 Å². The van der Waals surface area contributed by atoms with Crippen molar-refractivity contribution in [2.75, 3.05) is 6.61 Å². The van der Waals surface area contributed by atoms with Gasteiger partial charge in [-0.3, -0.25) is 4.98 Å². The molecule has 6 unspecified atom stereocenters. The summed E-state index contributed by atoms with van der Waals surface area (Å²) in [5.41, 5.74) is 6.71. The number of hydrogen-bond acceptors (Lipinski definition) is 7. The third-order valence-electron chi connectivity index (χ3n) is 4.42. The Labute approximate surface area is 164 Å². The summed E-state index contributed by atoms with van der Waals surface area (Å²) in [6, 6.07) is 11.0. The first-order valence-corrected chi connectivity index (χ1v) is 9.97. The highest BCUT2D eigenvalue weighted by atomic mass is 79.9. The highest BCUT2D eigenvalue weighted by molar-refractivity contribution is 9.10. The molecule has 1 aromatic carbocycles. The Kier molecular flexibility index (Phi) is 5.61. The zero-order chi connectivity index (χ0) is 18.1. The summed E-state index contributed by atoms with van der Waals surface area (Å²) < 4.78 is 18.7. The molecule has 138 valence electrons. The van der Waals surface area contributed by atoms with Crippen molar-refractivity contribution < 1.29 is 19.3 Å². The standard InChI is InChI=1S/C18H19BrN2O4S/c19-11-6-12(8-21-7-11)26-18-15(22)14(20)16-13(24-18)9-23-17(25-16)10-4-2-1-3-5-10/h1-8,13-18,22H,9,20H2. The van der Waals surface area contributed by atoms with Gasteiger partial charge in [-0.15, -0.1) is 0 Å². The van der Waals surface area contributed by atoms with Crippen molar-refractivity contribution in [1.82, 2.24) is 4.98 Å². The minimum absolute atomic E-state index is 0.328. The Morgan fingerprint density at radius 2 is 2.00 bits per heavy atom. The van der Waals surface area contributed by atoms with E-state index in [1.165, 1.54) is 11.8 Å². The lowest BCUT2D eigenvalue weighted by Crippen LogP contribution is -2.64. The van der Waals surface area contributed by atoms with E-state index in [0.717, 1.165) is 14.9 Å². The zero-order valence-corrected chi connectivity index (χ0v) is 16.2. The van der Waals surface area contributed by atoms with Gasteiger partial charge in [0.2, 0.25) is 0 Å². The lowest BCUT2D eigenvalue weighted by Gasteiger charge is -2.46. The molecule has 0 saturated carbocycles. The molecule has 0 spiro atoms. The Balaban J connectivity index is 1.46. The Morgan fingerprint density at radius 1 is 1.19 bits per heavy atom. The molecule has 6 atom stereocenters. The molecule has 26 heavy (non-hydrogen) atoms. The van der Waals surface area contributed by atoms with Crippen molar-refractivity contribution in [2.45, 2.75) is 41.0 Å². The molecule has 2 aromatic rings. The van der Waals surface area contributed by atoms with Crippen LogP contribution in [0.2, 0.25) is 0 Å². The summed E-state index contributed by atoms with van der Waals surface area (Å²) in [4.78, 5) is 5.02. The molecule has 0 bridgehead atoms. The second-order valence-electron chi connectivity index (χ2n) is 6.24. The van der Waals surface area contributed by atoms with Crippen LogP contribution in [0.25, 0.3) is 0 Å². The van der Waals surface area contributed by atoms with Gasteiger partial charge in [0, 0.05) is 27.3 Å². The highest BCUT2D eigenvalue weighted by Gasteiger charge is 2.48. The van der Waals surface area contributed by atoms with E-state index in [1.807, 2.05) is 36.4 Å². The van der Waals surface area contributed by atoms with Gasteiger partial charge in [-0.05, 0) is 22.0 Å². The summed E-state index contributed by atoms with van der Waals surface area (Å²) in [6.07, 6.45) is 1.30. The minimum atomic E-state index is -0.866. The lowest BCUT2D eigenvalue weighted by atomic mass is 9.97. The van der Waals surface area contributed by atoms with Crippen LogP contribution in [0, 0.1) is 0 Å². The second-order valence-corrected chi connectivity index (χ2v) is 8.33. The van der Waals surface area contributed by atoms with E-state index in [1.54, 1.807) is 12.4 Å². The number of pyridine rings is 1. The van der Waals surface area contributed by atoms with Crippen molar-refractivity contribution >= 4 is 27.7 Å². The molecule has 2 saturated heterocycles. The number of aromatic nitrogens is 1. The van der Waals surface area contributed by atoms with Crippen LogP contribution in [0.4, 0.5) is 0 Å². The van der Waals surface area contributed by atoms with Gasteiger partial charge in [0.15, 0.2) is 6.29 Å². The van der Waals surface area contributed by atoms with E-state index in [0.29, 0.717) is 6.61 Å². The van der Waals surface area contributed by atoms with Crippen LogP contribution >= 0.6 is 27.7 Å². The lowest BCUT2D eigenvalue weighted by molar-refractivity contribution is -0.297. The number of thioether (sulfide) groups is 1. The van der Waals surface area contributed by atoms with Gasteiger partial charge in [-0.25, -0.2) is 0 Å². The van der Waals surface area contributed by atoms with E-state index in [2.05, 4.69) is 20.9 Å². The highest BCUT2D eigenvalue weighted by Crippen LogP contribution is 2.38. The van der Waals surface area contributed by atoms with Crippen LogP contribution in [0.5, 0.6) is 0 Å². The fourth-order valence-corrected chi connectivity index (χ4v) is 4.72. The fraction of sp³-hybridized carbons (Fsp3) is 0.389. The normalized spacial score (nSPS) is 34.3. The summed E-state index contributed by atoms with van der Waals surface area (Å²) in [6.45, 7) is 0.360. The van der Waals surface area contributed by atoms with Crippen molar-refractivity contribution in [1.29, 1.82) is 0 Å². The number of nitrogens with zero attached hydrogens (tertiary/aromatic N) is 1. The van der Waals surface area contributed by atoms with E-state index in [4.69, 9.17) is 19.9 Å². The van der Waals surface area contributed by atoms with Crippen molar-refractivity contribution in [3.8, 4) is 0 Å². The molecule has 8 heteroatoms. The molecule has 0 aliphatic carbocycles. The van der Waals surface area contributed by atoms with Crippen molar-refractivity contribution in [3.05, 3.63) is 58.8 Å². The topological polar surface area (TPSA) is 86.8 Å². The summed E-state index contributed by atoms with van der Waals surface area (Å²) in [5, 5.41) is 10.6. The molecule has 6 nitrogen and oxygen atoms in total. The molecule has 3 N–H and O–H groups in total. The number of aliphatic hydroxyl groups is 1. The van der Waals surface area contributed by atoms with E-state index < -0.39 is 30.0 Å². The summed E-state index contributed by atoms with van der Waals surface area (Å²) >= 11 is 4.78. The first kappa shape index (κ1) is 18.4. The maximum atomic E-state index is 10.6. The van der Waals surface area contributed by atoms with Gasteiger partial charge >= 0.3 is 0 Å². The van der Waals surface area contributed by atoms with Crippen LogP contribution in [0.1, 0.15) is 11.9 Å². The average Bonchev–Trinajstić information content (AvgIpc) is 2.66. The maximum absolute atomic E-state index is 10.6. The second kappa shape index (κ2) is 7.93. The SMILES string of the molecule is NC1C(O)C(Sc2cncc(Br)c2)OC2COC(c3ccccc3)OC21. The number of ether oxygens (including phenoxy) is 3. The predicted molar refractivity (Wildman–Crippen MR) is 100 cm³/mol. The third kappa shape index (κ3) is 3.82. The quantitative estimate of drug-likeness (QED) is 0.760. The Bertz CT molecular complexity index is 751. The first-order valence-electron chi connectivity index (χ1n) is 8.30. The van der Waals surface area contributed by atoms with Crippen molar-refractivity contribution in [3.63, 3.8) is 0 Å². The number of fused-ring (bicyclic) bond motifs is 1. The van der Waals surface area contributed by atoms with Gasteiger partial charge in [-0.2, -0.15) is 0 Å². The molecule has 3 heterocycles. The number of benzene rings is 1. The van der Waals surface area contributed by atoms with E-state index in [9.17, 15) is 5.11 Å². The van der Waals surface area contributed by atoms with Crippen LogP contribution < -0.4 is 5.73 Å². The maximum Gasteiger partial charge on any atom is 0.184 e. The smallest absolute Gasteiger partial charge is 0.184 e. The Hall–Kier alpha value is -1.00. The summed E-state index contributed by atoms with van der Waals surface area (Å²) in [5.74, 6) is 0. The van der Waals surface area contributed by atoms with Crippen LogP contribution in [0.3, 0.4) is 0 Å². The molecular formula is C18H19BrN2O4S. The zero-order valence-electron chi connectivity index (χ0n) is 13.8. The average molecular weight is 439 g/mol. The number of rotatable bonds is 3. The number of aliphatic hydroxyl groups excluding tert-OH is 1. The van der Waals surface area contributed by atoms with E-state index in [-0.39, 0.29) is 6.10 Å². The first-order chi connectivity index (χ1) is 12.6. The molecule has 2 fully saturated rings. The number of nitrogens with two attached hydrogens (primary N) is 1. The minimum Gasteiger partial charge on any atom is -0.388 e. The van der Waals surface area contributed by atoms with Crippen LogP contribution in [0.15, 0.2) is 58.2 Å². The number of hydrogen-bond donors (Lipinski definition) is 2. The number of halogens is 1. The van der Waals surface area contributed by atoms with Crippen LogP contribution in [-0.4, -0.2) is 46.5 Å². The predicted octanol–water partition coefficient (Wildman–Crippen LogP) is 2.46. The molecule has 0 radical (unpaired) electrons.